The summed E-state index contributed by atoms with van der Waals surface area (Å²) in [6.45, 7) is 2.01. The molecule has 2 heterocycles. The summed E-state index contributed by atoms with van der Waals surface area (Å²) in [6.07, 6.45) is 0. The molecular weight excluding hydrogens is 272 g/mol. The summed E-state index contributed by atoms with van der Waals surface area (Å²) in [5, 5.41) is 4.65. The van der Waals surface area contributed by atoms with Gasteiger partial charge in [0.25, 0.3) is 0 Å². The molecule has 0 saturated carbocycles. The lowest BCUT2D eigenvalue weighted by Gasteiger charge is -2.07. The first-order valence-electron chi connectivity index (χ1n) is 7.28. The Labute approximate surface area is 128 Å². The fraction of sp³-hybridized carbons (Fsp3) is 0.111. The molecule has 0 aliphatic heterocycles. The van der Waals surface area contributed by atoms with E-state index in [9.17, 15) is 0 Å². The van der Waals surface area contributed by atoms with Crippen molar-refractivity contribution in [1.29, 1.82) is 0 Å². The van der Waals surface area contributed by atoms with Crippen molar-refractivity contribution >= 4 is 11.0 Å². The van der Waals surface area contributed by atoms with Gasteiger partial charge in [-0.3, -0.25) is 0 Å². The molecule has 2 aromatic heterocycles. The van der Waals surface area contributed by atoms with Gasteiger partial charge in [-0.1, -0.05) is 42.5 Å². The minimum atomic E-state index is 0.827. The average Bonchev–Trinajstić information content (AvgIpc) is 3.09. The highest BCUT2D eigenvalue weighted by Crippen LogP contribution is 2.25. The molecule has 2 aromatic carbocycles. The Balaban J connectivity index is 1.98. The second-order valence-electron chi connectivity index (χ2n) is 5.41. The largest absolute Gasteiger partial charge is 0.311 e. The molecule has 0 aliphatic carbocycles. The first-order chi connectivity index (χ1) is 10.7. The van der Waals surface area contributed by atoms with E-state index in [0.717, 1.165) is 33.9 Å². The lowest BCUT2D eigenvalue weighted by atomic mass is 10.1. The number of aryl methyl sites for hydroxylation is 2. The van der Waals surface area contributed by atoms with Crippen molar-refractivity contribution in [2.24, 2.45) is 7.05 Å². The van der Waals surface area contributed by atoms with E-state index in [1.807, 2.05) is 55.1 Å². The van der Waals surface area contributed by atoms with Crippen molar-refractivity contribution in [2.75, 3.05) is 0 Å². The van der Waals surface area contributed by atoms with Gasteiger partial charge >= 0.3 is 0 Å². The quantitative estimate of drug-likeness (QED) is 0.563. The van der Waals surface area contributed by atoms with Crippen molar-refractivity contribution in [3.8, 4) is 17.2 Å². The molecule has 22 heavy (non-hydrogen) atoms. The number of aromatic nitrogens is 4. The van der Waals surface area contributed by atoms with Gasteiger partial charge in [0, 0.05) is 12.6 Å². The van der Waals surface area contributed by atoms with E-state index < -0.39 is 0 Å². The summed E-state index contributed by atoms with van der Waals surface area (Å²) in [6, 6.07) is 20.5. The average molecular weight is 288 g/mol. The smallest absolute Gasteiger partial charge is 0.232 e. The van der Waals surface area contributed by atoms with Gasteiger partial charge in [0.15, 0.2) is 0 Å². The van der Waals surface area contributed by atoms with Crippen molar-refractivity contribution in [1.82, 2.24) is 19.3 Å². The van der Waals surface area contributed by atoms with Crippen molar-refractivity contribution in [3.63, 3.8) is 0 Å². The molecule has 4 aromatic rings. The van der Waals surface area contributed by atoms with Gasteiger partial charge < -0.3 is 4.57 Å². The van der Waals surface area contributed by atoms with Crippen LogP contribution in [-0.4, -0.2) is 19.3 Å². The molecule has 0 N–H and O–H groups in total. The molecule has 0 amide bonds. The van der Waals surface area contributed by atoms with Gasteiger partial charge in [-0.25, -0.2) is 4.98 Å². The molecule has 108 valence electrons. The Morgan fingerprint density at radius 2 is 1.64 bits per heavy atom. The lowest BCUT2D eigenvalue weighted by molar-refractivity contribution is 0.759. The van der Waals surface area contributed by atoms with Crippen molar-refractivity contribution in [2.45, 2.75) is 6.92 Å². The predicted octanol–water partition coefficient (Wildman–Crippen LogP) is 3.73. The number of nitrogens with zero attached hydrogens (tertiary/aromatic N) is 4. The molecule has 0 spiro atoms. The molecule has 0 fully saturated rings. The maximum Gasteiger partial charge on any atom is 0.232 e. The van der Waals surface area contributed by atoms with Crippen LogP contribution in [-0.2, 0) is 7.05 Å². The third-order valence-corrected chi connectivity index (χ3v) is 3.85. The van der Waals surface area contributed by atoms with Gasteiger partial charge in [0.1, 0.15) is 0 Å². The first kappa shape index (κ1) is 12.8. The highest BCUT2D eigenvalue weighted by molar-refractivity contribution is 5.77. The number of hydrogen-bond acceptors (Lipinski definition) is 2. The third kappa shape index (κ3) is 1.92. The number of imidazole rings is 1. The van der Waals surface area contributed by atoms with Crippen LogP contribution in [0.4, 0.5) is 0 Å². The monoisotopic (exact) mass is 288 g/mol. The standard InChI is InChI=1S/C18H16N4/c1-13-12-17(14-8-4-3-5-9-14)22(20-13)18-19-15-10-6-7-11-16(15)21(18)2/h3-12H,1-2H3. The van der Waals surface area contributed by atoms with Gasteiger partial charge in [-0.05, 0) is 25.1 Å². The topological polar surface area (TPSA) is 35.6 Å². The van der Waals surface area contributed by atoms with E-state index in [1.54, 1.807) is 0 Å². The number of benzene rings is 2. The fourth-order valence-corrected chi connectivity index (χ4v) is 2.79. The number of hydrogen-bond donors (Lipinski definition) is 0. The molecule has 4 rings (SSSR count). The molecule has 0 aliphatic rings. The highest BCUT2D eigenvalue weighted by Gasteiger charge is 2.15. The van der Waals surface area contributed by atoms with Crippen molar-refractivity contribution < 1.29 is 0 Å². The van der Waals surface area contributed by atoms with Crippen LogP contribution in [0.25, 0.3) is 28.2 Å². The summed E-state index contributed by atoms with van der Waals surface area (Å²) in [5.41, 5.74) is 5.24. The predicted molar refractivity (Wildman–Crippen MR) is 88.0 cm³/mol. The van der Waals surface area contributed by atoms with Crippen LogP contribution in [0.3, 0.4) is 0 Å². The molecule has 4 nitrogen and oxygen atoms in total. The lowest BCUT2D eigenvalue weighted by Crippen LogP contribution is -2.06. The molecule has 0 saturated heterocycles. The number of fused-ring (bicyclic) bond motifs is 1. The van der Waals surface area contributed by atoms with Crippen LogP contribution < -0.4 is 0 Å². The number of para-hydroxylation sites is 2. The van der Waals surface area contributed by atoms with Crippen LogP contribution in [0.15, 0.2) is 60.7 Å². The highest BCUT2D eigenvalue weighted by atomic mass is 15.4. The van der Waals surface area contributed by atoms with Crippen LogP contribution >= 0.6 is 0 Å². The molecule has 0 bridgehead atoms. The second-order valence-corrected chi connectivity index (χ2v) is 5.41. The molecular formula is C18H16N4. The molecule has 0 unspecified atom stereocenters. The summed E-state index contributed by atoms with van der Waals surface area (Å²) >= 11 is 0. The van der Waals surface area contributed by atoms with E-state index in [1.165, 1.54) is 0 Å². The Kier molecular flexibility index (Phi) is 2.82. The zero-order chi connectivity index (χ0) is 15.1. The maximum absolute atomic E-state index is 4.75. The Morgan fingerprint density at radius 1 is 0.909 bits per heavy atom. The number of rotatable bonds is 2. The SMILES string of the molecule is Cc1cc(-c2ccccc2)n(-c2nc3ccccc3n2C)n1. The van der Waals surface area contributed by atoms with Crippen molar-refractivity contribution in [3.05, 3.63) is 66.4 Å². The Morgan fingerprint density at radius 3 is 2.41 bits per heavy atom. The summed E-state index contributed by atoms with van der Waals surface area (Å²) in [5.74, 6) is 0.827. The van der Waals surface area contributed by atoms with E-state index in [0.29, 0.717) is 0 Å². The minimum Gasteiger partial charge on any atom is -0.311 e. The molecule has 4 heteroatoms. The zero-order valence-electron chi connectivity index (χ0n) is 12.6. The third-order valence-electron chi connectivity index (χ3n) is 3.85. The van der Waals surface area contributed by atoms with Gasteiger partial charge in [0.2, 0.25) is 5.95 Å². The second kappa shape index (κ2) is 4.84. The normalized spacial score (nSPS) is 11.2. The van der Waals surface area contributed by atoms with Gasteiger partial charge in [-0.15, -0.1) is 0 Å². The summed E-state index contributed by atoms with van der Waals surface area (Å²) in [7, 11) is 2.02. The van der Waals surface area contributed by atoms with Crippen LogP contribution in [0.1, 0.15) is 5.69 Å². The Hall–Kier alpha value is -2.88. The van der Waals surface area contributed by atoms with Crippen LogP contribution in [0.2, 0.25) is 0 Å². The first-order valence-corrected chi connectivity index (χ1v) is 7.28. The minimum absolute atomic E-state index is 0.827. The van der Waals surface area contributed by atoms with E-state index in [4.69, 9.17) is 4.98 Å². The maximum atomic E-state index is 4.75. The fourth-order valence-electron chi connectivity index (χ4n) is 2.79. The van der Waals surface area contributed by atoms with Gasteiger partial charge in [0.05, 0.1) is 22.4 Å². The molecule has 0 atom stereocenters. The van der Waals surface area contributed by atoms with E-state index >= 15 is 0 Å². The van der Waals surface area contributed by atoms with E-state index in [2.05, 4.69) is 33.9 Å². The van der Waals surface area contributed by atoms with E-state index in [-0.39, 0.29) is 0 Å². The van der Waals surface area contributed by atoms with Crippen LogP contribution in [0.5, 0.6) is 0 Å². The summed E-state index contributed by atoms with van der Waals surface area (Å²) in [4.78, 5) is 4.75. The Bertz CT molecular complexity index is 948. The summed E-state index contributed by atoms with van der Waals surface area (Å²) < 4.78 is 4.00. The molecule has 0 radical (unpaired) electrons. The van der Waals surface area contributed by atoms with Gasteiger partial charge in [-0.2, -0.15) is 9.78 Å². The van der Waals surface area contributed by atoms with Crippen LogP contribution in [0, 0.1) is 6.92 Å². The zero-order valence-corrected chi connectivity index (χ0v) is 12.6.